The molecule has 1 aromatic heterocycles. The van der Waals surface area contributed by atoms with Gasteiger partial charge in [-0.15, -0.1) is 0 Å². The first-order chi connectivity index (χ1) is 12.8. The molecule has 0 saturated carbocycles. The van der Waals surface area contributed by atoms with E-state index in [0.29, 0.717) is 24.7 Å². The van der Waals surface area contributed by atoms with Gasteiger partial charge in [-0.1, -0.05) is 12.1 Å². The van der Waals surface area contributed by atoms with Gasteiger partial charge in [-0.3, -0.25) is 4.79 Å². The van der Waals surface area contributed by atoms with E-state index in [0.717, 1.165) is 24.2 Å². The molecule has 0 spiro atoms. The lowest BCUT2D eigenvalue weighted by Crippen LogP contribution is -2.41. The van der Waals surface area contributed by atoms with E-state index in [1.54, 1.807) is 18.3 Å². The van der Waals surface area contributed by atoms with Crippen LogP contribution in [-0.4, -0.2) is 41.8 Å². The normalized spacial score (nSPS) is 16.8. The number of rotatable bonds is 4. The van der Waals surface area contributed by atoms with Crippen molar-refractivity contribution in [2.24, 2.45) is 0 Å². The maximum atomic E-state index is 12.4. The van der Waals surface area contributed by atoms with E-state index in [-0.39, 0.29) is 18.8 Å². The second-order valence-electron chi connectivity index (χ2n) is 6.26. The Balaban J connectivity index is 1.29. The van der Waals surface area contributed by atoms with E-state index in [1.165, 1.54) is 0 Å². The monoisotopic (exact) mass is 352 g/mol. The summed E-state index contributed by atoms with van der Waals surface area (Å²) in [5, 5.41) is 0. The summed E-state index contributed by atoms with van der Waals surface area (Å²) in [6.45, 7) is 1.61. The summed E-state index contributed by atoms with van der Waals surface area (Å²) < 4.78 is 16.5. The molecule has 0 bridgehead atoms. The lowest BCUT2D eigenvalue weighted by molar-refractivity contribution is -0.127. The lowest BCUT2D eigenvalue weighted by Gasteiger charge is -2.31. The van der Waals surface area contributed by atoms with Crippen molar-refractivity contribution in [2.75, 3.05) is 19.9 Å². The maximum absolute atomic E-state index is 12.4. The smallest absolute Gasteiger partial charge is 0.246 e. The quantitative estimate of drug-likeness (QED) is 0.792. The molecule has 1 aromatic carbocycles. The zero-order chi connectivity index (χ0) is 17.8. The Morgan fingerprint density at radius 2 is 2.00 bits per heavy atom. The van der Waals surface area contributed by atoms with Crippen LogP contribution in [0.15, 0.2) is 48.7 Å². The molecule has 2 aromatic rings. The van der Waals surface area contributed by atoms with Gasteiger partial charge in [-0.25, -0.2) is 4.98 Å². The van der Waals surface area contributed by atoms with E-state index in [1.807, 2.05) is 41.3 Å². The molecule has 0 aliphatic carbocycles. The average Bonchev–Trinajstić information content (AvgIpc) is 3.15. The van der Waals surface area contributed by atoms with Gasteiger partial charge in [-0.2, -0.15) is 0 Å². The second-order valence-corrected chi connectivity index (χ2v) is 6.26. The summed E-state index contributed by atoms with van der Waals surface area (Å²) in [6.07, 6.45) is 6.85. The van der Waals surface area contributed by atoms with E-state index in [9.17, 15) is 4.79 Å². The number of fused-ring (bicyclic) bond motifs is 1. The predicted octanol–water partition coefficient (Wildman–Crippen LogP) is 2.89. The minimum atomic E-state index is 0.0129. The van der Waals surface area contributed by atoms with Crippen LogP contribution in [0.3, 0.4) is 0 Å². The number of piperidine rings is 1. The molecule has 1 saturated heterocycles. The predicted molar refractivity (Wildman–Crippen MR) is 96.1 cm³/mol. The van der Waals surface area contributed by atoms with Gasteiger partial charge in [0.05, 0.1) is 0 Å². The second kappa shape index (κ2) is 7.47. The molecule has 0 unspecified atom stereocenters. The van der Waals surface area contributed by atoms with Crippen molar-refractivity contribution in [2.45, 2.75) is 18.9 Å². The molecular weight excluding hydrogens is 332 g/mol. The van der Waals surface area contributed by atoms with Crippen LogP contribution >= 0.6 is 0 Å². The first kappa shape index (κ1) is 16.4. The van der Waals surface area contributed by atoms with Crippen LogP contribution in [0.4, 0.5) is 0 Å². The highest BCUT2D eigenvalue weighted by Crippen LogP contribution is 2.32. The van der Waals surface area contributed by atoms with E-state index < -0.39 is 0 Å². The molecule has 2 aliphatic heterocycles. The average molecular weight is 352 g/mol. The van der Waals surface area contributed by atoms with Crippen molar-refractivity contribution in [3.63, 3.8) is 0 Å². The van der Waals surface area contributed by atoms with Crippen LogP contribution in [0, 0.1) is 0 Å². The number of carbonyl (C=O) groups is 1. The molecule has 2 aliphatic rings. The standard InChI is InChI=1S/C20H20N2O4/c23-20(7-5-15-4-6-17-18(13-15)25-14-24-17)22-11-8-16(9-12-22)26-19-3-1-2-10-21-19/h1-7,10,13,16H,8-9,11-12,14H2/b7-5+. The summed E-state index contributed by atoms with van der Waals surface area (Å²) in [5.41, 5.74) is 0.913. The molecule has 26 heavy (non-hydrogen) atoms. The number of hydrogen-bond donors (Lipinski definition) is 0. The summed E-state index contributed by atoms with van der Waals surface area (Å²) in [5.74, 6) is 2.11. The van der Waals surface area contributed by atoms with Crippen molar-refractivity contribution < 1.29 is 19.0 Å². The minimum Gasteiger partial charge on any atom is -0.474 e. The van der Waals surface area contributed by atoms with E-state index >= 15 is 0 Å². The molecule has 6 nitrogen and oxygen atoms in total. The lowest BCUT2D eigenvalue weighted by atomic mass is 10.1. The Morgan fingerprint density at radius 1 is 1.15 bits per heavy atom. The number of carbonyl (C=O) groups excluding carboxylic acids is 1. The van der Waals surface area contributed by atoms with Crippen molar-refractivity contribution in [1.82, 2.24) is 9.88 Å². The zero-order valence-electron chi connectivity index (χ0n) is 14.3. The first-order valence-electron chi connectivity index (χ1n) is 8.72. The van der Waals surface area contributed by atoms with Crippen LogP contribution in [0.1, 0.15) is 18.4 Å². The molecule has 4 rings (SSSR count). The van der Waals surface area contributed by atoms with Crippen molar-refractivity contribution in [3.05, 3.63) is 54.2 Å². The van der Waals surface area contributed by atoms with E-state index in [4.69, 9.17) is 14.2 Å². The highest BCUT2D eigenvalue weighted by Gasteiger charge is 2.23. The largest absolute Gasteiger partial charge is 0.474 e. The molecule has 0 atom stereocenters. The Kier molecular flexibility index (Phi) is 4.73. The van der Waals surface area contributed by atoms with Gasteiger partial charge < -0.3 is 19.1 Å². The topological polar surface area (TPSA) is 60.9 Å². The summed E-state index contributed by atoms with van der Waals surface area (Å²) >= 11 is 0. The Morgan fingerprint density at radius 3 is 2.81 bits per heavy atom. The number of hydrogen-bond acceptors (Lipinski definition) is 5. The van der Waals surface area contributed by atoms with Crippen molar-refractivity contribution in [3.8, 4) is 17.4 Å². The fourth-order valence-corrected chi connectivity index (χ4v) is 3.07. The first-order valence-corrected chi connectivity index (χ1v) is 8.72. The fraction of sp³-hybridized carbons (Fsp3) is 0.300. The van der Waals surface area contributed by atoms with Gasteiger partial charge >= 0.3 is 0 Å². The number of likely N-dealkylation sites (tertiary alicyclic amines) is 1. The Labute approximate surface area is 152 Å². The SMILES string of the molecule is O=C(/C=C/c1ccc2c(c1)OCO2)N1CCC(Oc2ccccn2)CC1. The molecule has 1 amide bonds. The van der Waals surface area contributed by atoms with Gasteiger partial charge in [0.1, 0.15) is 6.10 Å². The number of nitrogens with zero attached hydrogens (tertiary/aromatic N) is 2. The Bertz CT molecular complexity index is 799. The molecule has 0 N–H and O–H groups in total. The summed E-state index contributed by atoms with van der Waals surface area (Å²) in [6, 6.07) is 11.3. The molecular formula is C20H20N2O4. The van der Waals surface area contributed by atoms with Crippen molar-refractivity contribution >= 4 is 12.0 Å². The van der Waals surface area contributed by atoms with Gasteiger partial charge in [0, 0.05) is 44.3 Å². The molecule has 134 valence electrons. The number of benzene rings is 1. The molecule has 3 heterocycles. The highest BCUT2D eigenvalue weighted by molar-refractivity contribution is 5.92. The third-order valence-corrected chi connectivity index (χ3v) is 4.49. The number of pyridine rings is 1. The fourth-order valence-electron chi connectivity index (χ4n) is 3.07. The van der Waals surface area contributed by atoms with Gasteiger partial charge in [0.2, 0.25) is 18.6 Å². The van der Waals surface area contributed by atoms with Crippen LogP contribution in [0.5, 0.6) is 17.4 Å². The van der Waals surface area contributed by atoms with Gasteiger partial charge in [-0.05, 0) is 29.8 Å². The zero-order valence-corrected chi connectivity index (χ0v) is 14.3. The summed E-state index contributed by atoms with van der Waals surface area (Å²) in [4.78, 5) is 18.4. The molecule has 6 heteroatoms. The minimum absolute atomic E-state index is 0.0129. The van der Waals surface area contributed by atoms with Crippen molar-refractivity contribution in [1.29, 1.82) is 0 Å². The third kappa shape index (κ3) is 3.79. The van der Waals surface area contributed by atoms with E-state index in [2.05, 4.69) is 4.98 Å². The maximum Gasteiger partial charge on any atom is 0.246 e. The highest BCUT2D eigenvalue weighted by atomic mass is 16.7. The molecule has 0 radical (unpaired) electrons. The van der Waals surface area contributed by atoms with Gasteiger partial charge in [0.25, 0.3) is 0 Å². The number of ether oxygens (including phenoxy) is 3. The number of aromatic nitrogens is 1. The summed E-state index contributed by atoms with van der Waals surface area (Å²) in [7, 11) is 0. The van der Waals surface area contributed by atoms with Crippen LogP contribution in [-0.2, 0) is 4.79 Å². The van der Waals surface area contributed by atoms with Crippen LogP contribution in [0.25, 0.3) is 6.08 Å². The van der Waals surface area contributed by atoms with Crippen LogP contribution in [0.2, 0.25) is 0 Å². The number of amides is 1. The van der Waals surface area contributed by atoms with Crippen LogP contribution < -0.4 is 14.2 Å². The Hall–Kier alpha value is -3.02. The molecule has 1 fully saturated rings. The third-order valence-electron chi connectivity index (χ3n) is 4.49. The van der Waals surface area contributed by atoms with Gasteiger partial charge in [0.15, 0.2) is 11.5 Å².